The minimum Gasteiger partial charge on any atom is -0.381 e. The van der Waals surface area contributed by atoms with Gasteiger partial charge < -0.3 is 9.64 Å². The number of nitrogens with zero attached hydrogens (tertiary/aromatic N) is 6. The van der Waals surface area contributed by atoms with E-state index in [-0.39, 0.29) is 5.01 Å². The first-order valence-corrected chi connectivity index (χ1v) is 12.5. The summed E-state index contributed by atoms with van der Waals surface area (Å²) in [7, 11) is 0. The van der Waals surface area contributed by atoms with Crippen LogP contribution in [0.1, 0.15) is 30.7 Å². The number of fused-ring (bicyclic) bond motifs is 2. The molecule has 8 nitrogen and oxygen atoms in total. The van der Waals surface area contributed by atoms with E-state index < -0.39 is 12.0 Å². The summed E-state index contributed by atoms with van der Waals surface area (Å²) in [5.41, 5.74) is 1.89. The number of alkyl halides is 2. The van der Waals surface area contributed by atoms with E-state index in [0.29, 0.717) is 22.5 Å². The third-order valence-corrected chi connectivity index (χ3v) is 8.54. The van der Waals surface area contributed by atoms with Gasteiger partial charge in [0.05, 0.1) is 24.6 Å². The van der Waals surface area contributed by atoms with Crippen LogP contribution in [0.3, 0.4) is 0 Å². The number of hydrogen-bond donors (Lipinski definition) is 1. The van der Waals surface area contributed by atoms with E-state index in [1.165, 1.54) is 11.9 Å². The first kappa shape index (κ1) is 21.2. The quantitative estimate of drug-likeness (QED) is 0.521. The average Bonchev–Trinajstić information content (AvgIpc) is 3.20. The van der Waals surface area contributed by atoms with Gasteiger partial charge in [-0.25, -0.2) is 18.5 Å². The Morgan fingerprint density at radius 2 is 2.15 bits per heavy atom. The summed E-state index contributed by atoms with van der Waals surface area (Å²) in [6.07, 6.45) is 3.65. The van der Waals surface area contributed by atoms with Gasteiger partial charge in [-0.3, -0.25) is 4.40 Å². The molecule has 0 radical (unpaired) electrons. The Morgan fingerprint density at radius 1 is 1.30 bits per heavy atom. The van der Waals surface area contributed by atoms with Crippen molar-refractivity contribution in [3.05, 3.63) is 23.5 Å². The number of piperidine rings is 1. The molecule has 5 heterocycles. The van der Waals surface area contributed by atoms with Crippen LogP contribution in [0.5, 0.6) is 0 Å². The third-order valence-electron chi connectivity index (χ3n) is 6.63. The summed E-state index contributed by atoms with van der Waals surface area (Å²) >= 11 is 2.30. The number of hydrogen-bond acceptors (Lipinski definition) is 9. The molecule has 1 N–H and O–H groups in total. The molecule has 6 rings (SSSR count). The van der Waals surface area contributed by atoms with Crippen molar-refractivity contribution < 1.29 is 13.5 Å². The second kappa shape index (κ2) is 8.16. The van der Waals surface area contributed by atoms with E-state index in [0.717, 1.165) is 73.1 Å². The van der Waals surface area contributed by atoms with Crippen LogP contribution in [0, 0.1) is 23.2 Å². The smallest absolute Gasteiger partial charge is 0.291 e. The summed E-state index contributed by atoms with van der Waals surface area (Å²) in [4.78, 5) is 7.91. The molecular formula is C21H21F2N7OS2. The van der Waals surface area contributed by atoms with Crippen molar-refractivity contribution >= 4 is 34.6 Å². The molecule has 3 aromatic heterocycles. The highest BCUT2D eigenvalue weighted by Crippen LogP contribution is 2.40. The van der Waals surface area contributed by atoms with E-state index in [9.17, 15) is 14.0 Å². The fourth-order valence-electron chi connectivity index (χ4n) is 4.51. The predicted molar refractivity (Wildman–Crippen MR) is 120 cm³/mol. The highest BCUT2D eigenvalue weighted by Gasteiger charge is 2.43. The van der Waals surface area contributed by atoms with Gasteiger partial charge in [0, 0.05) is 36.7 Å². The average molecular weight is 490 g/mol. The van der Waals surface area contributed by atoms with Gasteiger partial charge in [0.2, 0.25) is 0 Å². The Hall–Kier alpha value is -2.33. The lowest BCUT2D eigenvalue weighted by atomic mass is 9.88. The Labute approximate surface area is 197 Å². The van der Waals surface area contributed by atoms with Crippen molar-refractivity contribution in [3.8, 4) is 16.8 Å². The topological polar surface area (TPSA) is 91.4 Å². The number of nitrogens with one attached hydrogen (secondary N) is 1. The van der Waals surface area contributed by atoms with Gasteiger partial charge in [-0.05, 0) is 43.2 Å². The summed E-state index contributed by atoms with van der Waals surface area (Å²) in [5.74, 6) is 1.10. The molecule has 1 aliphatic carbocycles. The van der Waals surface area contributed by atoms with Crippen LogP contribution in [-0.2, 0) is 4.74 Å². The lowest BCUT2D eigenvalue weighted by Gasteiger charge is -2.35. The Balaban J connectivity index is 1.40. The lowest BCUT2D eigenvalue weighted by Crippen LogP contribution is -2.40. The number of anilines is 1. The summed E-state index contributed by atoms with van der Waals surface area (Å²) in [5, 5.41) is 17.1. The first-order valence-electron chi connectivity index (χ1n) is 10.9. The van der Waals surface area contributed by atoms with Crippen molar-refractivity contribution in [2.45, 2.75) is 36.1 Å². The Bertz CT molecular complexity index is 1240. The molecule has 1 saturated carbocycles. The molecule has 0 amide bonds. The highest BCUT2D eigenvalue weighted by atomic mass is 32.2. The number of halogens is 2. The van der Waals surface area contributed by atoms with E-state index in [1.807, 2.05) is 10.6 Å². The number of imidazole rings is 1. The fourth-order valence-corrected chi connectivity index (χ4v) is 6.11. The molecular weight excluding hydrogens is 468 g/mol. The van der Waals surface area contributed by atoms with Gasteiger partial charge in [-0.15, -0.1) is 10.2 Å². The summed E-state index contributed by atoms with van der Waals surface area (Å²) in [6.45, 7) is 3.40. The molecule has 0 aromatic carbocycles. The van der Waals surface area contributed by atoms with Gasteiger partial charge in [0.1, 0.15) is 11.2 Å². The number of rotatable bonds is 6. The standard InChI is InChI=1S/C21H21F2N7OS2/c22-17(23)20-27-26-19(32-20)16-6-25-18-15(29-4-1-12-9-31-10-13(12)7-29)5-14(8-30(16)18)33-28-21(11-24)2-3-21/h5-6,8,12-13,17,28H,1-4,7,9-10H2/t12-,13+/m1/s1. The van der Waals surface area contributed by atoms with Crippen molar-refractivity contribution in [1.82, 2.24) is 24.3 Å². The lowest BCUT2D eigenvalue weighted by molar-refractivity contribution is 0.150. The molecule has 2 atom stereocenters. The number of ether oxygens (including phenoxy) is 1. The number of aromatic nitrogens is 4. The van der Waals surface area contributed by atoms with Crippen molar-refractivity contribution in [2.24, 2.45) is 11.8 Å². The predicted octanol–water partition coefficient (Wildman–Crippen LogP) is 3.92. The Morgan fingerprint density at radius 3 is 2.91 bits per heavy atom. The summed E-state index contributed by atoms with van der Waals surface area (Å²) < 4.78 is 37.1. The second-order valence-corrected chi connectivity index (χ2v) is 10.7. The molecule has 172 valence electrons. The van der Waals surface area contributed by atoms with E-state index >= 15 is 0 Å². The second-order valence-electron chi connectivity index (χ2n) is 8.83. The van der Waals surface area contributed by atoms with Gasteiger partial charge in [0.15, 0.2) is 15.7 Å². The van der Waals surface area contributed by atoms with Crippen LogP contribution < -0.4 is 9.62 Å². The van der Waals surface area contributed by atoms with Crippen LogP contribution in [0.4, 0.5) is 14.5 Å². The van der Waals surface area contributed by atoms with E-state index in [2.05, 4.69) is 36.9 Å². The van der Waals surface area contributed by atoms with Crippen LogP contribution in [-0.4, -0.2) is 51.4 Å². The normalized spacial score (nSPS) is 23.8. The first-order chi connectivity index (χ1) is 16.0. The maximum atomic E-state index is 13.1. The fraction of sp³-hybridized carbons (Fsp3) is 0.524. The zero-order chi connectivity index (χ0) is 22.6. The van der Waals surface area contributed by atoms with Crippen molar-refractivity contribution in [2.75, 3.05) is 31.2 Å². The molecule has 12 heteroatoms. The summed E-state index contributed by atoms with van der Waals surface area (Å²) in [6, 6.07) is 4.44. The molecule has 3 aromatic rings. The van der Waals surface area contributed by atoms with Crippen LogP contribution in [0.25, 0.3) is 16.3 Å². The molecule has 2 aliphatic heterocycles. The molecule has 2 saturated heterocycles. The molecule has 3 fully saturated rings. The number of nitriles is 1. The van der Waals surface area contributed by atoms with E-state index in [1.54, 1.807) is 6.20 Å². The van der Waals surface area contributed by atoms with Gasteiger partial charge in [-0.1, -0.05) is 11.3 Å². The minimum absolute atomic E-state index is 0.305. The maximum absolute atomic E-state index is 13.1. The van der Waals surface area contributed by atoms with Crippen molar-refractivity contribution in [1.29, 1.82) is 5.26 Å². The van der Waals surface area contributed by atoms with Gasteiger partial charge >= 0.3 is 0 Å². The minimum atomic E-state index is -2.66. The zero-order valence-corrected chi connectivity index (χ0v) is 19.2. The zero-order valence-electron chi connectivity index (χ0n) is 17.6. The monoisotopic (exact) mass is 489 g/mol. The van der Waals surface area contributed by atoms with Gasteiger partial charge in [-0.2, -0.15) is 5.26 Å². The molecule has 33 heavy (non-hydrogen) atoms. The molecule has 0 unspecified atom stereocenters. The van der Waals surface area contributed by atoms with Gasteiger partial charge in [0.25, 0.3) is 6.43 Å². The number of pyridine rings is 1. The largest absolute Gasteiger partial charge is 0.381 e. The molecule has 0 spiro atoms. The SMILES string of the molecule is N#CC1(NSc2cc(N3CC[C@@H]4COC[C@@H]4C3)c3ncc(-c4nnc(C(F)F)s4)n3c2)CC1. The van der Waals surface area contributed by atoms with Crippen LogP contribution in [0.15, 0.2) is 23.4 Å². The third kappa shape index (κ3) is 3.86. The van der Waals surface area contributed by atoms with E-state index in [4.69, 9.17) is 4.74 Å². The molecule has 0 bridgehead atoms. The van der Waals surface area contributed by atoms with Crippen molar-refractivity contribution in [3.63, 3.8) is 0 Å². The highest BCUT2D eigenvalue weighted by molar-refractivity contribution is 7.97. The maximum Gasteiger partial charge on any atom is 0.291 e. The molecule has 3 aliphatic rings. The Kier molecular flexibility index (Phi) is 5.25. The van der Waals surface area contributed by atoms with Crippen LogP contribution in [0.2, 0.25) is 0 Å². The van der Waals surface area contributed by atoms with Crippen LogP contribution >= 0.6 is 23.3 Å².